The maximum atomic E-state index is 10.8. The Balaban J connectivity index is 2.19. The average molecular weight is 233 g/mol. The monoisotopic (exact) mass is 233 g/mol. The fraction of sp³-hybridized carbons (Fsp3) is 0.200. The van der Waals surface area contributed by atoms with Crippen molar-refractivity contribution in [2.24, 2.45) is 0 Å². The van der Waals surface area contributed by atoms with Crippen molar-refractivity contribution < 1.29 is 4.92 Å². The largest absolute Gasteiger partial charge is 0.360 e. The van der Waals surface area contributed by atoms with Crippen molar-refractivity contribution >= 4 is 11.5 Å². The molecule has 0 aliphatic carbocycles. The molecular formula is C10H11N5O2. The van der Waals surface area contributed by atoms with Crippen LogP contribution in [0.4, 0.5) is 11.5 Å². The maximum absolute atomic E-state index is 10.8. The topological polar surface area (TPSA) is 96.7 Å². The van der Waals surface area contributed by atoms with Crippen LogP contribution in [0, 0.1) is 17.0 Å². The van der Waals surface area contributed by atoms with Crippen molar-refractivity contribution in [1.82, 2.24) is 15.2 Å². The number of nitrogens with one attached hydrogen (secondary N) is 2. The average Bonchev–Trinajstić information content (AvgIpc) is 2.78. The summed E-state index contributed by atoms with van der Waals surface area (Å²) in [5, 5.41) is 20.2. The van der Waals surface area contributed by atoms with Crippen LogP contribution in [0.25, 0.3) is 0 Å². The van der Waals surface area contributed by atoms with E-state index in [4.69, 9.17) is 0 Å². The lowest BCUT2D eigenvalue weighted by Crippen LogP contribution is -2.04. The lowest BCUT2D eigenvalue weighted by atomic mass is 10.3. The summed E-state index contributed by atoms with van der Waals surface area (Å²) in [6.07, 6.45) is 3.36. The van der Waals surface area contributed by atoms with Gasteiger partial charge in [-0.3, -0.25) is 15.2 Å². The summed E-state index contributed by atoms with van der Waals surface area (Å²) in [7, 11) is 0. The third-order valence-corrected chi connectivity index (χ3v) is 2.22. The zero-order chi connectivity index (χ0) is 12.3. The summed E-state index contributed by atoms with van der Waals surface area (Å²) >= 11 is 0. The van der Waals surface area contributed by atoms with Crippen LogP contribution in [0.3, 0.4) is 0 Å². The summed E-state index contributed by atoms with van der Waals surface area (Å²) in [6, 6.07) is 3.06. The van der Waals surface area contributed by atoms with E-state index < -0.39 is 4.92 Å². The molecule has 0 radical (unpaired) electrons. The molecule has 0 aromatic carbocycles. The van der Waals surface area contributed by atoms with Gasteiger partial charge in [-0.25, -0.2) is 4.98 Å². The third-order valence-electron chi connectivity index (χ3n) is 2.22. The lowest BCUT2D eigenvalue weighted by Gasteiger charge is -2.05. The standard InChI is InChI=1S/C10H11N5O2/c1-7-2-3-9(15(16)17)10(14-7)11-4-8-5-12-13-6-8/h2-3,5-6H,4H2,1H3,(H,11,14)(H,12,13). The van der Waals surface area contributed by atoms with Crippen molar-refractivity contribution in [2.45, 2.75) is 13.5 Å². The molecular weight excluding hydrogens is 222 g/mol. The van der Waals surface area contributed by atoms with Crippen molar-refractivity contribution in [3.63, 3.8) is 0 Å². The van der Waals surface area contributed by atoms with Crippen LogP contribution in [0.5, 0.6) is 0 Å². The zero-order valence-electron chi connectivity index (χ0n) is 9.17. The highest BCUT2D eigenvalue weighted by Gasteiger charge is 2.14. The van der Waals surface area contributed by atoms with Crippen LogP contribution in [-0.4, -0.2) is 20.1 Å². The van der Waals surface area contributed by atoms with Crippen LogP contribution in [-0.2, 0) is 6.54 Å². The van der Waals surface area contributed by atoms with Gasteiger partial charge in [-0.1, -0.05) is 0 Å². The summed E-state index contributed by atoms with van der Waals surface area (Å²) in [5.41, 5.74) is 1.60. The molecule has 0 unspecified atom stereocenters. The molecule has 2 rings (SSSR count). The van der Waals surface area contributed by atoms with Gasteiger partial charge in [-0.15, -0.1) is 0 Å². The van der Waals surface area contributed by atoms with E-state index in [2.05, 4.69) is 20.5 Å². The van der Waals surface area contributed by atoms with Crippen LogP contribution in [0.1, 0.15) is 11.3 Å². The second-order valence-corrected chi connectivity index (χ2v) is 3.54. The van der Waals surface area contributed by atoms with Gasteiger partial charge in [-0.05, 0) is 13.0 Å². The van der Waals surface area contributed by atoms with Gasteiger partial charge >= 0.3 is 5.69 Å². The number of anilines is 1. The normalized spacial score (nSPS) is 10.2. The summed E-state index contributed by atoms with van der Waals surface area (Å²) in [6.45, 7) is 2.22. The van der Waals surface area contributed by atoms with Gasteiger partial charge in [-0.2, -0.15) is 5.10 Å². The number of pyridine rings is 1. The number of nitrogens with zero attached hydrogens (tertiary/aromatic N) is 3. The molecule has 0 saturated heterocycles. The highest BCUT2D eigenvalue weighted by atomic mass is 16.6. The Bertz CT molecular complexity index is 523. The van der Waals surface area contributed by atoms with E-state index >= 15 is 0 Å². The molecule has 2 N–H and O–H groups in total. The lowest BCUT2D eigenvalue weighted by molar-refractivity contribution is -0.384. The van der Waals surface area contributed by atoms with Crippen molar-refractivity contribution in [3.8, 4) is 0 Å². The quantitative estimate of drug-likeness (QED) is 0.618. The Morgan fingerprint density at radius 1 is 1.53 bits per heavy atom. The Morgan fingerprint density at radius 2 is 2.35 bits per heavy atom. The first-order chi connectivity index (χ1) is 8.16. The fourth-order valence-electron chi connectivity index (χ4n) is 1.39. The van der Waals surface area contributed by atoms with Gasteiger partial charge in [0, 0.05) is 30.1 Å². The molecule has 0 aliphatic rings. The predicted octanol–water partition coefficient (Wildman–Crippen LogP) is 1.63. The van der Waals surface area contributed by atoms with Gasteiger partial charge in [0.2, 0.25) is 5.82 Å². The van der Waals surface area contributed by atoms with E-state index in [9.17, 15) is 10.1 Å². The minimum absolute atomic E-state index is 0.0286. The molecule has 0 amide bonds. The van der Waals surface area contributed by atoms with Crippen molar-refractivity contribution in [1.29, 1.82) is 0 Å². The number of aromatic amines is 1. The molecule has 7 heteroatoms. The first-order valence-electron chi connectivity index (χ1n) is 5.00. The molecule has 0 saturated carbocycles. The number of aromatic nitrogens is 3. The number of aryl methyl sites for hydroxylation is 1. The van der Waals surface area contributed by atoms with Crippen molar-refractivity contribution in [3.05, 3.63) is 45.9 Å². The molecule has 2 aromatic heterocycles. The zero-order valence-corrected chi connectivity index (χ0v) is 9.17. The molecule has 0 bridgehead atoms. The van der Waals surface area contributed by atoms with Crippen LogP contribution < -0.4 is 5.32 Å². The van der Waals surface area contributed by atoms with Gasteiger partial charge in [0.1, 0.15) is 0 Å². The highest BCUT2D eigenvalue weighted by Crippen LogP contribution is 2.22. The van der Waals surface area contributed by atoms with E-state index in [0.717, 1.165) is 11.3 Å². The van der Waals surface area contributed by atoms with E-state index in [1.165, 1.54) is 6.07 Å². The summed E-state index contributed by atoms with van der Waals surface area (Å²) in [5.74, 6) is 0.274. The number of hydrogen-bond acceptors (Lipinski definition) is 5. The van der Waals surface area contributed by atoms with Gasteiger partial charge < -0.3 is 5.32 Å². The van der Waals surface area contributed by atoms with Crippen LogP contribution >= 0.6 is 0 Å². The first-order valence-corrected chi connectivity index (χ1v) is 5.00. The molecule has 7 nitrogen and oxygen atoms in total. The molecule has 88 valence electrons. The number of rotatable bonds is 4. The number of H-pyrrole nitrogens is 1. The minimum Gasteiger partial charge on any atom is -0.360 e. The first kappa shape index (κ1) is 11.1. The molecule has 0 fully saturated rings. The molecule has 2 heterocycles. The van der Waals surface area contributed by atoms with Crippen LogP contribution in [0.2, 0.25) is 0 Å². The second kappa shape index (κ2) is 4.60. The number of hydrogen-bond donors (Lipinski definition) is 2. The van der Waals surface area contributed by atoms with E-state index in [1.807, 2.05) is 0 Å². The molecule has 2 aromatic rings. The second-order valence-electron chi connectivity index (χ2n) is 3.54. The van der Waals surface area contributed by atoms with Crippen LogP contribution in [0.15, 0.2) is 24.5 Å². The van der Waals surface area contributed by atoms with Gasteiger partial charge in [0.25, 0.3) is 0 Å². The Kier molecular flexibility index (Phi) is 2.99. The molecule has 0 spiro atoms. The smallest absolute Gasteiger partial charge is 0.311 e. The predicted molar refractivity (Wildman–Crippen MR) is 61.5 cm³/mol. The number of nitro groups is 1. The Hall–Kier alpha value is -2.44. The van der Waals surface area contributed by atoms with E-state index in [-0.39, 0.29) is 11.5 Å². The van der Waals surface area contributed by atoms with Crippen molar-refractivity contribution in [2.75, 3.05) is 5.32 Å². The minimum atomic E-state index is -0.454. The third kappa shape index (κ3) is 2.57. The van der Waals surface area contributed by atoms with E-state index in [0.29, 0.717) is 6.54 Å². The highest BCUT2D eigenvalue weighted by molar-refractivity contribution is 5.56. The van der Waals surface area contributed by atoms with Gasteiger partial charge in [0.15, 0.2) is 0 Å². The SMILES string of the molecule is Cc1ccc([N+](=O)[O-])c(NCc2cn[nH]c2)n1. The molecule has 0 aliphatic heterocycles. The summed E-state index contributed by atoms with van der Waals surface area (Å²) in [4.78, 5) is 14.5. The Morgan fingerprint density at radius 3 is 3.00 bits per heavy atom. The molecule has 17 heavy (non-hydrogen) atoms. The Labute approximate surface area is 97.0 Å². The fourth-order valence-corrected chi connectivity index (χ4v) is 1.39. The molecule has 0 atom stereocenters. The summed E-state index contributed by atoms with van der Waals surface area (Å²) < 4.78 is 0. The van der Waals surface area contributed by atoms with E-state index in [1.54, 1.807) is 25.4 Å². The van der Waals surface area contributed by atoms with Gasteiger partial charge in [0.05, 0.1) is 11.1 Å². The maximum Gasteiger partial charge on any atom is 0.311 e.